The number of carboxylic acid groups (broad SMARTS) is 1. The van der Waals surface area contributed by atoms with E-state index in [9.17, 15) is 31.2 Å². The lowest BCUT2D eigenvalue weighted by atomic mass is 10.0. The normalized spacial score (nSPS) is 15.2. The van der Waals surface area contributed by atoms with E-state index >= 15 is 0 Å². The van der Waals surface area contributed by atoms with Gasteiger partial charge < -0.3 is 25.8 Å². The first-order valence-corrected chi connectivity index (χ1v) is 16.9. The summed E-state index contributed by atoms with van der Waals surface area (Å²) in [6.07, 6.45) is -2.86. The van der Waals surface area contributed by atoms with Crippen molar-refractivity contribution >= 4 is 55.8 Å². The number of nitrogens with zero attached hydrogens (tertiary/aromatic N) is 2. The van der Waals surface area contributed by atoms with Gasteiger partial charge in [0, 0.05) is 29.5 Å². The van der Waals surface area contributed by atoms with Gasteiger partial charge in [-0.1, -0.05) is 30.3 Å². The Kier molecular flexibility index (Phi) is 11.6. The monoisotopic (exact) mass is 715 g/mol. The van der Waals surface area contributed by atoms with E-state index in [1.807, 2.05) is 54.6 Å². The number of benzene rings is 3. The van der Waals surface area contributed by atoms with Crippen LogP contribution in [0, 0.1) is 0 Å². The summed E-state index contributed by atoms with van der Waals surface area (Å²) in [5, 5.41) is 14.2. The van der Waals surface area contributed by atoms with Gasteiger partial charge in [-0.05, 0) is 85.7 Å². The van der Waals surface area contributed by atoms with Crippen LogP contribution < -0.4 is 16.4 Å². The molecule has 5 N–H and O–H groups in total. The maximum Gasteiger partial charge on any atom is 0.490 e. The summed E-state index contributed by atoms with van der Waals surface area (Å²) in [5.74, 6) is -2.52. The van der Waals surface area contributed by atoms with Crippen LogP contribution in [-0.4, -0.2) is 66.5 Å². The van der Waals surface area contributed by atoms with Gasteiger partial charge in [0.15, 0.2) is 9.84 Å². The SMILES string of the molecule is COC(=O)Nc1ccc(S(=O)(=O)C(C)C)c([C@H]2CCCN2C(=O)[C@H](Nc2ccc3c(N)nccc3c2)c2ccccc2)c1.O=C(O)C(F)(F)F. The van der Waals surface area contributed by atoms with E-state index < -0.39 is 45.4 Å². The minimum atomic E-state index is -5.08. The minimum absolute atomic E-state index is 0.146. The van der Waals surface area contributed by atoms with Crippen LogP contribution in [0.1, 0.15) is 49.9 Å². The van der Waals surface area contributed by atoms with Gasteiger partial charge in [-0.15, -0.1) is 0 Å². The molecule has 1 aliphatic rings. The Labute approximate surface area is 286 Å². The number of rotatable bonds is 8. The van der Waals surface area contributed by atoms with Gasteiger partial charge in [0.25, 0.3) is 0 Å². The molecule has 4 aromatic rings. The fourth-order valence-electron chi connectivity index (χ4n) is 5.48. The smallest absolute Gasteiger partial charge is 0.475 e. The second kappa shape index (κ2) is 15.4. The number of methoxy groups -OCH3 is 1. The number of nitrogen functional groups attached to an aromatic ring is 1. The molecule has 0 unspecified atom stereocenters. The molecule has 1 aromatic heterocycles. The predicted molar refractivity (Wildman–Crippen MR) is 181 cm³/mol. The van der Waals surface area contributed by atoms with Crippen LogP contribution in [0.3, 0.4) is 0 Å². The summed E-state index contributed by atoms with van der Waals surface area (Å²) in [7, 11) is -2.45. The zero-order chi connectivity index (χ0) is 36.8. The van der Waals surface area contributed by atoms with E-state index in [0.29, 0.717) is 36.5 Å². The fraction of sp³-hybridized carbons (Fsp3) is 0.294. The second-order valence-corrected chi connectivity index (χ2v) is 14.0. The molecule has 2 amide bonds. The standard InChI is InChI=1S/C32H35N5O5S.C2HF3O2/c1-20(2)43(40,41)28-14-12-24(36-32(39)42-3)19-26(28)27-10-7-17-37(27)31(38)29(21-8-5-4-6-9-21)35-23-11-13-25-22(18-23)15-16-34-30(25)33;3-2(4,5)1(6)7/h4-6,8-9,11-16,18-20,27,29,35H,7,10,17H2,1-3H3,(H2,33,34)(H,36,39);(H,6,7)/t27-,29-;/m1./s1. The van der Waals surface area contributed by atoms with Gasteiger partial charge in [-0.3, -0.25) is 10.1 Å². The largest absolute Gasteiger partial charge is 0.490 e. The summed E-state index contributed by atoms with van der Waals surface area (Å²) in [6, 6.07) is 20.3. The average molecular weight is 716 g/mol. The molecule has 1 saturated heterocycles. The van der Waals surface area contributed by atoms with E-state index in [1.54, 1.807) is 31.0 Å². The summed E-state index contributed by atoms with van der Waals surface area (Å²) < 4.78 is 63.4. The molecule has 3 aromatic carbocycles. The zero-order valence-electron chi connectivity index (χ0n) is 27.3. The maximum absolute atomic E-state index is 14.4. The van der Waals surface area contributed by atoms with Crippen LogP contribution in [0.5, 0.6) is 0 Å². The van der Waals surface area contributed by atoms with Crippen LogP contribution >= 0.6 is 0 Å². The van der Waals surface area contributed by atoms with Crippen LogP contribution in [0.15, 0.2) is 83.9 Å². The number of nitrogens with two attached hydrogens (primary N) is 1. The van der Waals surface area contributed by atoms with Crippen molar-refractivity contribution in [1.29, 1.82) is 0 Å². The first-order chi connectivity index (χ1) is 23.5. The van der Waals surface area contributed by atoms with Gasteiger partial charge in [-0.2, -0.15) is 13.2 Å². The Morgan fingerprint density at radius 1 is 1.02 bits per heavy atom. The molecule has 0 aliphatic carbocycles. The van der Waals surface area contributed by atoms with Crippen molar-refractivity contribution in [2.45, 2.75) is 55.1 Å². The van der Waals surface area contributed by atoms with Crippen LogP contribution in [0.4, 0.5) is 35.2 Å². The van der Waals surface area contributed by atoms with Crippen LogP contribution in [-0.2, 0) is 24.2 Å². The number of carboxylic acids is 1. The molecule has 0 saturated carbocycles. The lowest BCUT2D eigenvalue weighted by Crippen LogP contribution is -2.38. The third-order valence-electron chi connectivity index (χ3n) is 7.99. The van der Waals surface area contributed by atoms with Gasteiger partial charge in [0.2, 0.25) is 5.91 Å². The van der Waals surface area contributed by atoms with Gasteiger partial charge in [-0.25, -0.2) is 23.0 Å². The average Bonchev–Trinajstić information content (AvgIpc) is 3.57. The van der Waals surface area contributed by atoms with Crippen LogP contribution in [0.2, 0.25) is 0 Å². The molecular formula is C34H36F3N5O7S. The molecule has 5 rings (SSSR count). The molecule has 1 fully saturated rings. The predicted octanol–water partition coefficient (Wildman–Crippen LogP) is 6.33. The number of ether oxygens (including phenoxy) is 1. The van der Waals surface area contributed by atoms with Crippen LogP contribution in [0.25, 0.3) is 10.8 Å². The molecule has 2 atom stereocenters. The van der Waals surface area contributed by atoms with E-state index in [0.717, 1.165) is 22.0 Å². The van der Waals surface area contributed by atoms with Crippen molar-refractivity contribution in [1.82, 2.24) is 9.88 Å². The maximum atomic E-state index is 14.4. The highest BCUT2D eigenvalue weighted by molar-refractivity contribution is 7.92. The molecule has 0 radical (unpaired) electrons. The number of aromatic nitrogens is 1. The van der Waals surface area contributed by atoms with E-state index in [4.69, 9.17) is 20.4 Å². The van der Waals surface area contributed by atoms with Crippen molar-refractivity contribution < 1.29 is 45.8 Å². The zero-order valence-corrected chi connectivity index (χ0v) is 28.1. The summed E-state index contributed by atoms with van der Waals surface area (Å²) in [6.45, 7) is 3.70. The molecular weight excluding hydrogens is 679 g/mol. The minimum Gasteiger partial charge on any atom is -0.475 e. The number of pyridine rings is 1. The van der Waals surface area contributed by atoms with Gasteiger partial charge in [0.1, 0.15) is 11.9 Å². The molecule has 0 spiro atoms. The number of anilines is 3. The summed E-state index contributed by atoms with van der Waals surface area (Å²) in [4.78, 5) is 41.3. The summed E-state index contributed by atoms with van der Waals surface area (Å²) in [5.41, 5.74) is 8.38. The molecule has 16 heteroatoms. The third-order valence-corrected chi connectivity index (χ3v) is 10.2. The number of carbonyl (C=O) groups is 3. The van der Waals surface area contributed by atoms with Crippen molar-refractivity contribution in [2.75, 3.05) is 30.0 Å². The number of carbonyl (C=O) groups excluding carboxylic acids is 2. The van der Waals surface area contributed by atoms with E-state index in [2.05, 4.69) is 15.6 Å². The number of hydrogen-bond donors (Lipinski definition) is 4. The highest BCUT2D eigenvalue weighted by atomic mass is 32.2. The molecule has 12 nitrogen and oxygen atoms in total. The first kappa shape index (κ1) is 37.4. The number of amides is 2. The fourth-order valence-corrected chi connectivity index (χ4v) is 6.77. The van der Waals surface area contributed by atoms with E-state index in [1.165, 1.54) is 19.2 Å². The Hall–Kier alpha value is -5.38. The number of halogens is 3. The van der Waals surface area contributed by atoms with Crippen molar-refractivity contribution in [3.63, 3.8) is 0 Å². The molecule has 266 valence electrons. The number of nitrogens with one attached hydrogen (secondary N) is 2. The van der Waals surface area contributed by atoms with Crippen molar-refractivity contribution in [3.8, 4) is 0 Å². The molecule has 0 bridgehead atoms. The Morgan fingerprint density at radius 3 is 2.30 bits per heavy atom. The van der Waals surface area contributed by atoms with Crippen molar-refractivity contribution in [2.24, 2.45) is 0 Å². The quantitative estimate of drug-likeness (QED) is 0.161. The molecule has 50 heavy (non-hydrogen) atoms. The van der Waals surface area contributed by atoms with Gasteiger partial charge >= 0.3 is 18.2 Å². The lowest BCUT2D eigenvalue weighted by Gasteiger charge is -2.31. The number of alkyl halides is 3. The first-order valence-electron chi connectivity index (χ1n) is 15.3. The highest BCUT2D eigenvalue weighted by Gasteiger charge is 2.39. The number of aliphatic carboxylic acids is 1. The van der Waals surface area contributed by atoms with Gasteiger partial charge in [0.05, 0.1) is 23.3 Å². The van der Waals surface area contributed by atoms with Crippen molar-refractivity contribution in [3.05, 3.63) is 90.1 Å². The molecule has 1 aliphatic heterocycles. The summed E-state index contributed by atoms with van der Waals surface area (Å²) >= 11 is 0. The van der Waals surface area contributed by atoms with E-state index in [-0.39, 0.29) is 10.8 Å². The topological polar surface area (TPSA) is 181 Å². The second-order valence-electron chi connectivity index (χ2n) is 11.6. The Morgan fingerprint density at radius 2 is 1.68 bits per heavy atom. The molecule has 2 heterocycles. The number of sulfone groups is 1. The third kappa shape index (κ3) is 8.61. The Bertz CT molecular complexity index is 1980. The number of fused-ring (bicyclic) bond motifs is 1. The lowest BCUT2D eigenvalue weighted by molar-refractivity contribution is -0.192. The number of likely N-dealkylation sites (tertiary alicyclic amines) is 1. The highest BCUT2D eigenvalue weighted by Crippen LogP contribution is 2.40. The Balaban J connectivity index is 0.000000727. The number of hydrogen-bond acceptors (Lipinski definition) is 9.